The third kappa shape index (κ3) is 4.50. The molecule has 9 heteroatoms. The second kappa shape index (κ2) is 9.23. The maximum atomic E-state index is 13.1. The van der Waals surface area contributed by atoms with Crippen LogP contribution in [0.1, 0.15) is 15.9 Å². The highest BCUT2D eigenvalue weighted by atomic mass is 35.5. The Morgan fingerprint density at radius 2 is 1.72 bits per heavy atom. The zero-order valence-corrected chi connectivity index (χ0v) is 17.9. The summed E-state index contributed by atoms with van der Waals surface area (Å²) in [5.74, 6) is -0.331. The highest BCUT2D eigenvalue weighted by Crippen LogP contribution is 2.31. The average Bonchev–Trinajstić information content (AvgIpc) is 2.81. The van der Waals surface area contributed by atoms with Crippen LogP contribution in [0, 0.1) is 10.1 Å². The van der Waals surface area contributed by atoms with Gasteiger partial charge in [-0.05, 0) is 29.8 Å². The Hall–Kier alpha value is -3.65. The number of benzene rings is 2. The topological polar surface area (TPSA) is 88.7 Å². The molecule has 1 aromatic heterocycles. The summed E-state index contributed by atoms with van der Waals surface area (Å²) in [5.41, 5.74) is 1.16. The number of hydrogen-bond acceptors (Lipinski definition) is 5. The van der Waals surface area contributed by atoms with Gasteiger partial charge >= 0.3 is 0 Å². The highest BCUT2D eigenvalue weighted by Gasteiger charge is 2.27. The van der Waals surface area contributed by atoms with E-state index in [0.29, 0.717) is 43.4 Å². The van der Waals surface area contributed by atoms with E-state index in [2.05, 4.69) is 0 Å². The summed E-state index contributed by atoms with van der Waals surface area (Å²) in [6.07, 6.45) is 1.67. The zero-order valence-electron chi connectivity index (χ0n) is 17.2. The number of hydrogen-bond donors (Lipinski definition) is 0. The van der Waals surface area contributed by atoms with E-state index >= 15 is 0 Å². The van der Waals surface area contributed by atoms with E-state index in [4.69, 9.17) is 11.6 Å². The van der Waals surface area contributed by atoms with Gasteiger partial charge in [0, 0.05) is 43.5 Å². The van der Waals surface area contributed by atoms with E-state index in [1.165, 1.54) is 10.6 Å². The van der Waals surface area contributed by atoms with Crippen LogP contribution in [-0.4, -0.2) is 46.5 Å². The zero-order chi connectivity index (χ0) is 22.7. The van der Waals surface area contributed by atoms with Crippen LogP contribution in [0.3, 0.4) is 0 Å². The quantitative estimate of drug-likeness (QED) is 0.437. The summed E-state index contributed by atoms with van der Waals surface area (Å²) < 4.78 is 1.52. The lowest BCUT2D eigenvalue weighted by Gasteiger charge is -2.35. The van der Waals surface area contributed by atoms with Crippen molar-refractivity contribution in [3.05, 3.63) is 103 Å². The van der Waals surface area contributed by atoms with Crippen molar-refractivity contribution in [3.63, 3.8) is 0 Å². The maximum Gasteiger partial charge on any atom is 0.294 e. The number of carbonyl (C=O) groups is 1. The summed E-state index contributed by atoms with van der Waals surface area (Å²) >= 11 is 5.90. The molecule has 0 atom stereocenters. The molecular weight excluding hydrogens is 432 g/mol. The number of nitro benzene ring substituents is 1. The lowest BCUT2D eigenvalue weighted by Crippen LogP contribution is -2.50. The highest BCUT2D eigenvalue weighted by molar-refractivity contribution is 6.30. The fourth-order valence-corrected chi connectivity index (χ4v) is 4.00. The lowest BCUT2D eigenvalue weighted by atomic mass is 10.1. The van der Waals surface area contributed by atoms with Crippen molar-refractivity contribution in [2.45, 2.75) is 6.54 Å². The van der Waals surface area contributed by atoms with Gasteiger partial charge in [-0.15, -0.1) is 0 Å². The molecule has 1 aliphatic rings. The Kier molecular flexibility index (Phi) is 6.23. The van der Waals surface area contributed by atoms with E-state index in [9.17, 15) is 19.7 Å². The normalized spacial score (nSPS) is 13.8. The molecule has 0 aliphatic carbocycles. The van der Waals surface area contributed by atoms with Gasteiger partial charge < -0.3 is 14.4 Å². The Balaban J connectivity index is 1.48. The number of aromatic nitrogens is 1. The van der Waals surface area contributed by atoms with E-state index in [0.717, 1.165) is 5.56 Å². The molecule has 3 aromatic rings. The van der Waals surface area contributed by atoms with Gasteiger partial charge in [0.1, 0.15) is 11.3 Å². The lowest BCUT2D eigenvalue weighted by molar-refractivity contribution is -0.384. The average molecular weight is 453 g/mol. The van der Waals surface area contributed by atoms with Crippen molar-refractivity contribution in [1.29, 1.82) is 0 Å². The largest absolute Gasteiger partial charge is 0.362 e. The van der Waals surface area contributed by atoms with E-state index in [-0.39, 0.29) is 22.7 Å². The molecule has 2 aromatic carbocycles. The molecule has 0 unspecified atom stereocenters. The summed E-state index contributed by atoms with van der Waals surface area (Å²) in [4.78, 5) is 40.4. The van der Waals surface area contributed by atoms with Crippen LogP contribution in [0.4, 0.5) is 11.4 Å². The number of rotatable bonds is 5. The van der Waals surface area contributed by atoms with Gasteiger partial charge in [-0.3, -0.25) is 19.7 Å². The molecule has 0 N–H and O–H groups in total. The third-order valence-corrected chi connectivity index (χ3v) is 5.72. The number of anilines is 1. The van der Waals surface area contributed by atoms with Gasteiger partial charge in [0.15, 0.2) is 0 Å². The van der Waals surface area contributed by atoms with Crippen LogP contribution in [0.15, 0.2) is 71.7 Å². The number of amides is 1. The molecule has 4 rings (SSSR count). The summed E-state index contributed by atoms with van der Waals surface area (Å²) in [6.45, 7) is 1.92. The first-order valence-electron chi connectivity index (χ1n) is 10.2. The Morgan fingerprint density at radius 1 is 1.00 bits per heavy atom. The number of piperazine rings is 1. The van der Waals surface area contributed by atoms with Gasteiger partial charge in [0.2, 0.25) is 0 Å². The number of halogens is 1. The molecule has 0 bridgehead atoms. The SMILES string of the molecule is O=C(c1cccn(Cc2ccccc2)c1=O)N1CCN(c2ccc(Cl)cc2[N+](=O)[O-])CC1. The van der Waals surface area contributed by atoms with Crippen LogP contribution in [-0.2, 0) is 6.54 Å². The standard InChI is InChI=1S/C23H21ClN4O4/c24-18-8-9-20(21(15-18)28(31)32)25-11-13-26(14-12-25)22(29)19-7-4-10-27(23(19)30)16-17-5-2-1-3-6-17/h1-10,15H,11-14,16H2. The molecule has 1 amide bonds. The molecule has 164 valence electrons. The number of nitrogens with zero attached hydrogens (tertiary/aromatic N) is 4. The molecule has 8 nitrogen and oxygen atoms in total. The number of pyridine rings is 1. The summed E-state index contributed by atoms with van der Waals surface area (Å²) in [7, 11) is 0. The van der Waals surface area contributed by atoms with Crippen LogP contribution in [0.2, 0.25) is 5.02 Å². The van der Waals surface area contributed by atoms with Crippen molar-refractivity contribution in [2.24, 2.45) is 0 Å². The molecule has 1 aliphatic heterocycles. The fourth-order valence-electron chi connectivity index (χ4n) is 3.84. The van der Waals surface area contributed by atoms with Crippen molar-refractivity contribution < 1.29 is 9.72 Å². The molecule has 32 heavy (non-hydrogen) atoms. The monoisotopic (exact) mass is 452 g/mol. The molecule has 0 saturated carbocycles. The van der Waals surface area contributed by atoms with Crippen LogP contribution >= 0.6 is 11.6 Å². The molecule has 1 saturated heterocycles. The number of carbonyl (C=O) groups excluding carboxylic acids is 1. The minimum absolute atomic E-state index is 0.0656. The van der Waals surface area contributed by atoms with E-state index in [1.807, 2.05) is 35.2 Å². The van der Waals surface area contributed by atoms with Crippen molar-refractivity contribution in [2.75, 3.05) is 31.1 Å². The maximum absolute atomic E-state index is 13.1. The van der Waals surface area contributed by atoms with Crippen LogP contribution in [0.5, 0.6) is 0 Å². The number of nitro groups is 1. The van der Waals surface area contributed by atoms with E-state index < -0.39 is 4.92 Å². The van der Waals surface area contributed by atoms with E-state index in [1.54, 1.807) is 35.4 Å². The van der Waals surface area contributed by atoms with Gasteiger partial charge in [-0.25, -0.2) is 0 Å². The van der Waals surface area contributed by atoms with Crippen molar-refractivity contribution in [3.8, 4) is 0 Å². The molecule has 1 fully saturated rings. The third-order valence-electron chi connectivity index (χ3n) is 5.49. The summed E-state index contributed by atoms with van der Waals surface area (Å²) in [5, 5.41) is 11.7. The van der Waals surface area contributed by atoms with Gasteiger partial charge in [0.25, 0.3) is 17.2 Å². The smallest absolute Gasteiger partial charge is 0.294 e. The molecule has 0 spiro atoms. The van der Waals surface area contributed by atoms with Crippen molar-refractivity contribution in [1.82, 2.24) is 9.47 Å². The predicted octanol–water partition coefficient (Wildman–Crippen LogP) is 3.42. The Labute approximate surface area is 189 Å². The summed E-state index contributed by atoms with van der Waals surface area (Å²) in [6, 6.07) is 17.4. The van der Waals surface area contributed by atoms with Gasteiger partial charge in [0.05, 0.1) is 11.5 Å². The first-order chi connectivity index (χ1) is 15.4. The fraction of sp³-hybridized carbons (Fsp3) is 0.217. The minimum Gasteiger partial charge on any atom is -0.362 e. The predicted molar refractivity (Wildman–Crippen MR) is 122 cm³/mol. The van der Waals surface area contributed by atoms with Crippen LogP contribution in [0.25, 0.3) is 0 Å². The first-order valence-corrected chi connectivity index (χ1v) is 10.5. The van der Waals surface area contributed by atoms with Crippen LogP contribution < -0.4 is 10.5 Å². The Bertz CT molecular complexity index is 1200. The molecule has 2 heterocycles. The van der Waals surface area contributed by atoms with Crippen molar-refractivity contribution >= 4 is 28.9 Å². The minimum atomic E-state index is -0.460. The molecule has 0 radical (unpaired) electrons. The van der Waals surface area contributed by atoms with Gasteiger partial charge in [-0.1, -0.05) is 41.9 Å². The Morgan fingerprint density at radius 3 is 2.41 bits per heavy atom. The van der Waals surface area contributed by atoms with Gasteiger partial charge in [-0.2, -0.15) is 0 Å². The second-order valence-electron chi connectivity index (χ2n) is 7.51. The second-order valence-corrected chi connectivity index (χ2v) is 7.95. The first kappa shape index (κ1) is 21.6. The molecular formula is C23H21ClN4O4.